The van der Waals surface area contributed by atoms with Crippen LogP contribution in [0.1, 0.15) is 83.5 Å². The second-order valence-electron chi connectivity index (χ2n) is 18.7. The zero-order valence-electron chi connectivity index (χ0n) is 39.1. The summed E-state index contributed by atoms with van der Waals surface area (Å²) < 4.78 is 20.0. The molecule has 11 nitrogen and oxygen atoms in total. The van der Waals surface area contributed by atoms with Crippen LogP contribution in [0.4, 0.5) is 11.6 Å². The third kappa shape index (κ3) is 5.32. The number of phenolic OH excluding ortho intramolecular Hbond substituents is 1. The van der Waals surface area contributed by atoms with Gasteiger partial charge in [0.15, 0.2) is 0 Å². The third-order valence-electron chi connectivity index (χ3n) is 14.5. The molecule has 6 aliphatic heterocycles. The summed E-state index contributed by atoms with van der Waals surface area (Å²) in [5.74, 6) is 9.47. The Balaban J connectivity index is 0.000000222. The van der Waals surface area contributed by atoms with Crippen molar-refractivity contribution >= 4 is 56.5 Å². The van der Waals surface area contributed by atoms with Crippen molar-refractivity contribution in [3.05, 3.63) is 155 Å². The molecule has 6 aliphatic rings. The van der Waals surface area contributed by atoms with Crippen molar-refractivity contribution in [1.29, 1.82) is 0 Å². The van der Waals surface area contributed by atoms with E-state index >= 15 is 0 Å². The van der Waals surface area contributed by atoms with Crippen molar-refractivity contribution in [2.24, 2.45) is 20.0 Å². The molecule has 328 valence electrons. The van der Waals surface area contributed by atoms with Crippen LogP contribution in [0.25, 0.3) is 21.5 Å². The molecular weight excluding hydrogens is 833 g/mol. The first kappa shape index (κ1) is 40.8. The number of aromatic hydroxyl groups is 1. The van der Waals surface area contributed by atoms with E-state index in [9.17, 15) is 5.11 Å². The van der Waals surface area contributed by atoms with E-state index in [1.54, 1.807) is 0 Å². The molecule has 0 fully saturated rings. The number of fused-ring (bicyclic) bond motifs is 12. The Morgan fingerprint density at radius 2 is 0.881 bits per heavy atom. The van der Waals surface area contributed by atoms with E-state index in [0.29, 0.717) is 11.1 Å². The van der Waals surface area contributed by atoms with Crippen molar-refractivity contribution in [1.82, 2.24) is 9.13 Å². The molecule has 0 radical (unpaired) electrons. The molecule has 67 heavy (non-hydrogen) atoms. The van der Waals surface area contributed by atoms with Crippen LogP contribution in [0.2, 0.25) is 0 Å². The van der Waals surface area contributed by atoms with Crippen molar-refractivity contribution in [3.8, 4) is 30.4 Å². The van der Waals surface area contributed by atoms with Gasteiger partial charge in [0.05, 0.1) is 35.5 Å². The molecule has 8 heterocycles. The van der Waals surface area contributed by atoms with E-state index in [0.717, 1.165) is 95.3 Å². The van der Waals surface area contributed by atoms with Gasteiger partial charge in [-0.1, -0.05) is 49.5 Å². The highest BCUT2D eigenvalue weighted by Gasteiger charge is 2.69. The maximum atomic E-state index is 10.0. The topological polar surface area (TPSA) is 104 Å². The SMILES string of the molecule is C#CCOCc1cc(C)cc(COCC#C)c1O.Cc1cc2c(cc1C)C1=[N+]3C2=Nc2c4cc(C)c(C)cc4c4n2C32n3c(c5cc(C)c(C)cc5c3=NC3=[N+]2C(=N4)c2cc(C)c(C)cc23)=N1. The largest absolute Gasteiger partial charge is 0.507 e. The molecule has 2 aromatic heterocycles. The molecule has 5 aromatic carbocycles. The number of aliphatic imine (C=N–C) groups is 2. The molecule has 0 saturated heterocycles. The monoisotopic (exact) mass is 880 g/mol. The normalized spacial score (nSPS) is 15.4. The molecule has 0 atom stereocenters. The van der Waals surface area contributed by atoms with Gasteiger partial charge in [-0.15, -0.1) is 22.0 Å². The number of aromatic nitrogens is 2. The minimum Gasteiger partial charge on any atom is -0.507 e. The fourth-order valence-corrected chi connectivity index (χ4v) is 10.7. The minimum absolute atomic E-state index is 0.176. The van der Waals surface area contributed by atoms with Crippen molar-refractivity contribution in [2.45, 2.75) is 81.4 Å². The molecule has 0 unspecified atom stereocenters. The molecule has 0 saturated carbocycles. The summed E-state index contributed by atoms with van der Waals surface area (Å²) in [6.45, 7) is 20.5. The number of terminal acetylenes is 2. The summed E-state index contributed by atoms with van der Waals surface area (Å²) in [4.78, 5) is 22.5. The molecule has 0 bridgehead atoms. The lowest BCUT2D eigenvalue weighted by atomic mass is 10.00. The van der Waals surface area contributed by atoms with Gasteiger partial charge in [0.2, 0.25) is 22.6 Å². The molecule has 0 amide bonds. The summed E-state index contributed by atoms with van der Waals surface area (Å²) >= 11 is 0. The standard InChI is InChI=1S/C41H32N8.C15H16O3/c1-17-9-25-26(10-18(17)2)34-43-36-29-13-21(5)22(6)14-30(29)38-45-40-32-16-24(8)23(7)15-31(32)39-44-37-28-12-20(4)19(3)11-27(28)35-42-33(25)46(34)41(47(35)37,48(36)38)49(39)40;1-4-6-17-10-13-8-12(3)9-14(15(13)16)11-18-7-5-2/h9-16H,1-8H3;1-2,8-9,16H,6-7,10-11H2,3H3/q+2;. The number of hydrogen-bond donors (Lipinski definition) is 1. The maximum Gasteiger partial charge on any atom is 0.404 e. The van der Waals surface area contributed by atoms with E-state index < -0.39 is 5.91 Å². The van der Waals surface area contributed by atoms with Crippen LogP contribution in [0.3, 0.4) is 0 Å². The van der Waals surface area contributed by atoms with Gasteiger partial charge in [0, 0.05) is 32.7 Å². The quantitative estimate of drug-likeness (QED) is 0.104. The summed E-state index contributed by atoms with van der Waals surface area (Å²) in [7, 11) is 0. The summed E-state index contributed by atoms with van der Waals surface area (Å²) in [5, 5.41) is 14.5. The number of nitrogens with zero attached hydrogens (tertiary/aromatic N) is 8. The Labute approximate surface area is 388 Å². The second-order valence-corrected chi connectivity index (χ2v) is 18.7. The zero-order chi connectivity index (χ0) is 46.5. The van der Waals surface area contributed by atoms with Crippen LogP contribution in [0.15, 0.2) is 80.6 Å². The van der Waals surface area contributed by atoms with Crippen molar-refractivity contribution < 1.29 is 23.7 Å². The van der Waals surface area contributed by atoms with E-state index in [2.05, 4.69) is 134 Å². The lowest BCUT2D eigenvalue weighted by Gasteiger charge is -2.40. The predicted molar refractivity (Wildman–Crippen MR) is 261 cm³/mol. The number of phenols is 1. The van der Waals surface area contributed by atoms with Crippen LogP contribution in [-0.4, -0.2) is 59.9 Å². The first-order chi connectivity index (χ1) is 32.3. The average molecular weight is 881 g/mol. The smallest absolute Gasteiger partial charge is 0.404 e. The number of hydrogen-bond acceptors (Lipinski definition) is 7. The van der Waals surface area contributed by atoms with E-state index in [1.165, 1.54) is 44.5 Å². The Hall–Kier alpha value is -7.70. The summed E-state index contributed by atoms with van der Waals surface area (Å²) in [5.41, 5.74) is 18.6. The van der Waals surface area contributed by atoms with Crippen molar-refractivity contribution in [3.63, 3.8) is 0 Å². The van der Waals surface area contributed by atoms with Gasteiger partial charge < -0.3 is 14.6 Å². The Bertz CT molecular complexity index is 3660. The molecule has 1 N–H and O–H groups in total. The summed E-state index contributed by atoms with van der Waals surface area (Å²) in [6.07, 6.45) is 10.2. The molecule has 1 spiro atoms. The Morgan fingerprint density at radius 3 is 1.28 bits per heavy atom. The fraction of sp³-hybridized carbons (Fsp3) is 0.250. The number of rotatable bonds is 6. The fourth-order valence-electron chi connectivity index (χ4n) is 10.7. The van der Waals surface area contributed by atoms with Gasteiger partial charge in [0.1, 0.15) is 19.0 Å². The van der Waals surface area contributed by atoms with Crippen LogP contribution in [-0.2, 0) is 28.6 Å². The third-order valence-corrected chi connectivity index (χ3v) is 14.5. The van der Waals surface area contributed by atoms with Gasteiger partial charge >= 0.3 is 5.91 Å². The van der Waals surface area contributed by atoms with Crippen LogP contribution in [0.5, 0.6) is 5.75 Å². The molecule has 0 aliphatic carbocycles. The molecular formula is C56H48N8O3+2. The molecule has 11 heteroatoms. The van der Waals surface area contributed by atoms with Gasteiger partial charge in [-0.2, -0.15) is 9.13 Å². The first-order valence-corrected chi connectivity index (χ1v) is 22.6. The van der Waals surface area contributed by atoms with Gasteiger partial charge in [0.25, 0.3) is 23.3 Å². The lowest BCUT2D eigenvalue weighted by molar-refractivity contribution is -0.790. The lowest BCUT2D eigenvalue weighted by Crippen LogP contribution is -2.71. The van der Waals surface area contributed by atoms with Gasteiger partial charge in [-0.3, -0.25) is 0 Å². The maximum absolute atomic E-state index is 10.0. The number of ether oxygens (including phenoxy) is 2. The summed E-state index contributed by atoms with van der Waals surface area (Å²) in [6, 6.07) is 22.2. The molecule has 13 rings (SSSR count). The Morgan fingerprint density at radius 1 is 0.507 bits per heavy atom. The Kier molecular flexibility index (Phi) is 8.61. The average Bonchev–Trinajstić information content (AvgIpc) is 3.98. The first-order valence-electron chi connectivity index (χ1n) is 22.6. The highest BCUT2D eigenvalue weighted by molar-refractivity contribution is 6.20. The van der Waals surface area contributed by atoms with Crippen LogP contribution >= 0.6 is 0 Å². The zero-order valence-corrected chi connectivity index (χ0v) is 39.1. The van der Waals surface area contributed by atoms with Gasteiger partial charge in [-0.25, -0.2) is 0 Å². The number of amidine groups is 4. The predicted octanol–water partition coefficient (Wildman–Crippen LogP) is 8.18. The minimum atomic E-state index is -0.971. The van der Waals surface area contributed by atoms with Crippen LogP contribution in [0, 0.1) is 87.0 Å². The number of benzene rings is 5. The van der Waals surface area contributed by atoms with Gasteiger partial charge in [-0.05, 0) is 155 Å². The number of aryl methyl sites for hydroxylation is 9. The van der Waals surface area contributed by atoms with E-state index in [1.807, 2.05) is 19.1 Å². The molecule has 7 aromatic rings. The second kappa shape index (κ2) is 14.2. The van der Waals surface area contributed by atoms with E-state index in [4.69, 9.17) is 42.3 Å². The highest BCUT2D eigenvalue weighted by atomic mass is 16.5. The van der Waals surface area contributed by atoms with Crippen molar-refractivity contribution in [2.75, 3.05) is 13.2 Å². The highest BCUT2D eigenvalue weighted by Crippen LogP contribution is 2.53. The van der Waals surface area contributed by atoms with E-state index in [-0.39, 0.29) is 32.2 Å². The van der Waals surface area contributed by atoms with Crippen LogP contribution < -0.4 is 11.0 Å².